The smallest absolute Gasteiger partial charge is 0.311 e. The number of furan rings is 1. The molecule has 28 heavy (non-hydrogen) atoms. The minimum atomic E-state index is -0.467. The van der Waals surface area contributed by atoms with Gasteiger partial charge in [0, 0.05) is 35.8 Å². The highest BCUT2D eigenvalue weighted by molar-refractivity contribution is 7.97. The van der Waals surface area contributed by atoms with Crippen LogP contribution in [0.2, 0.25) is 0 Å². The minimum Gasteiger partial charge on any atom is -0.465 e. The van der Waals surface area contributed by atoms with Gasteiger partial charge in [0.15, 0.2) is 0 Å². The van der Waals surface area contributed by atoms with Crippen molar-refractivity contribution < 1.29 is 13.9 Å². The SMILES string of the molecule is CC(C)(C)C(=O)OCCCN(Cc1ccncc1)Sc1ccc2occc2c1. The molecule has 3 rings (SSSR count). The second-order valence-electron chi connectivity index (χ2n) is 7.67. The van der Waals surface area contributed by atoms with Gasteiger partial charge in [0.1, 0.15) is 5.58 Å². The van der Waals surface area contributed by atoms with Crippen LogP contribution in [-0.4, -0.2) is 28.4 Å². The van der Waals surface area contributed by atoms with Gasteiger partial charge in [-0.25, -0.2) is 4.31 Å². The molecule has 0 N–H and O–H groups in total. The predicted molar refractivity (Wildman–Crippen MR) is 112 cm³/mol. The Morgan fingerprint density at radius 2 is 1.96 bits per heavy atom. The fourth-order valence-electron chi connectivity index (χ4n) is 2.62. The van der Waals surface area contributed by atoms with Gasteiger partial charge in [0.2, 0.25) is 0 Å². The maximum atomic E-state index is 11.9. The number of rotatable bonds is 8. The van der Waals surface area contributed by atoms with Gasteiger partial charge in [0.25, 0.3) is 0 Å². The van der Waals surface area contributed by atoms with Crippen molar-refractivity contribution in [2.75, 3.05) is 13.2 Å². The van der Waals surface area contributed by atoms with Crippen LogP contribution < -0.4 is 0 Å². The average molecular weight is 399 g/mol. The third-order valence-electron chi connectivity index (χ3n) is 4.16. The van der Waals surface area contributed by atoms with Crippen molar-refractivity contribution in [3.63, 3.8) is 0 Å². The van der Waals surface area contributed by atoms with Crippen LogP contribution in [0.4, 0.5) is 0 Å². The van der Waals surface area contributed by atoms with E-state index in [-0.39, 0.29) is 5.97 Å². The summed E-state index contributed by atoms with van der Waals surface area (Å²) in [5, 5.41) is 1.09. The number of carbonyl (C=O) groups excluding carboxylic acids is 1. The molecule has 0 spiro atoms. The molecule has 0 bridgehead atoms. The summed E-state index contributed by atoms with van der Waals surface area (Å²) < 4.78 is 13.1. The number of benzene rings is 1. The van der Waals surface area contributed by atoms with Crippen LogP contribution in [0.5, 0.6) is 0 Å². The number of pyridine rings is 1. The van der Waals surface area contributed by atoms with Gasteiger partial charge in [0.05, 0.1) is 18.3 Å². The molecule has 0 aliphatic rings. The number of nitrogens with zero attached hydrogens (tertiary/aromatic N) is 2. The number of aromatic nitrogens is 1. The van der Waals surface area contributed by atoms with E-state index in [0.717, 1.165) is 35.4 Å². The number of fused-ring (bicyclic) bond motifs is 1. The van der Waals surface area contributed by atoms with Gasteiger partial charge in [-0.1, -0.05) is 0 Å². The zero-order valence-electron chi connectivity index (χ0n) is 16.6. The van der Waals surface area contributed by atoms with Crippen molar-refractivity contribution in [1.29, 1.82) is 0 Å². The summed E-state index contributed by atoms with van der Waals surface area (Å²) in [7, 11) is 0. The lowest BCUT2D eigenvalue weighted by Gasteiger charge is -2.22. The van der Waals surface area contributed by atoms with Crippen molar-refractivity contribution in [3.8, 4) is 0 Å². The van der Waals surface area contributed by atoms with Crippen molar-refractivity contribution in [3.05, 3.63) is 60.6 Å². The number of esters is 1. The van der Waals surface area contributed by atoms with Crippen molar-refractivity contribution in [2.24, 2.45) is 5.41 Å². The predicted octanol–water partition coefficient (Wildman–Crippen LogP) is 5.32. The Hall–Kier alpha value is -2.31. The Balaban J connectivity index is 1.62. The highest BCUT2D eigenvalue weighted by atomic mass is 32.2. The molecule has 0 atom stereocenters. The third-order valence-corrected chi connectivity index (χ3v) is 5.20. The van der Waals surface area contributed by atoms with Crippen molar-refractivity contribution >= 4 is 28.9 Å². The Morgan fingerprint density at radius 3 is 2.71 bits per heavy atom. The van der Waals surface area contributed by atoms with Crippen LogP contribution in [0.1, 0.15) is 32.8 Å². The number of carbonyl (C=O) groups is 1. The van der Waals surface area contributed by atoms with Crippen molar-refractivity contribution in [2.45, 2.75) is 38.6 Å². The molecule has 2 aromatic heterocycles. The summed E-state index contributed by atoms with van der Waals surface area (Å²) in [4.78, 5) is 17.2. The average Bonchev–Trinajstić information content (AvgIpc) is 3.12. The van der Waals surface area contributed by atoms with Crippen molar-refractivity contribution in [1.82, 2.24) is 9.29 Å². The van der Waals surface area contributed by atoms with E-state index in [9.17, 15) is 4.79 Å². The van der Waals surface area contributed by atoms with Crippen LogP contribution in [0, 0.1) is 5.41 Å². The summed E-state index contributed by atoms with van der Waals surface area (Å²) in [5.41, 5.74) is 1.61. The van der Waals surface area contributed by atoms with Gasteiger partial charge in [-0.05, 0) is 81.1 Å². The zero-order valence-corrected chi connectivity index (χ0v) is 17.4. The molecule has 6 heteroatoms. The second kappa shape index (κ2) is 9.26. The van der Waals surface area contributed by atoms with Gasteiger partial charge >= 0.3 is 5.97 Å². The molecule has 1 aromatic carbocycles. The Kier molecular flexibility index (Phi) is 6.75. The molecule has 0 aliphatic heterocycles. The lowest BCUT2D eigenvalue weighted by molar-refractivity contribution is -0.153. The molecule has 2 heterocycles. The van der Waals surface area contributed by atoms with E-state index in [4.69, 9.17) is 9.15 Å². The van der Waals surface area contributed by atoms with E-state index >= 15 is 0 Å². The molecule has 0 aliphatic carbocycles. The van der Waals surface area contributed by atoms with E-state index in [1.165, 1.54) is 5.56 Å². The third kappa shape index (κ3) is 5.84. The van der Waals surface area contributed by atoms with Crippen LogP contribution in [-0.2, 0) is 16.1 Å². The van der Waals surface area contributed by atoms with Crippen LogP contribution in [0.15, 0.2) is 64.4 Å². The molecule has 0 radical (unpaired) electrons. The molecule has 0 unspecified atom stereocenters. The first kappa shape index (κ1) is 20.4. The maximum absolute atomic E-state index is 11.9. The van der Waals surface area contributed by atoms with Crippen LogP contribution in [0.25, 0.3) is 11.0 Å². The number of hydrogen-bond acceptors (Lipinski definition) is 6. The zero-order chi connectivity index (χ0) is 20.0. The standard InChI is InChI=1S/C22H26N2O3S/c1-22(2,3)21(25)27-13-4-12-24(16-17-7-10-23-11-8-17)28-19-5-6-20-18(15-19)9-14-26-20/h5-11,14-15H,4,12-13,16H2,1-3H3. The van der Waals surface area contributed by atoms with Gasteiger partial charge in [-0.15, -0.1) is 0 Å². The molecule has 3 aromatic rings. The first-order valence-electron chi connectivity index (χ1n) is 9.38. The molecule has 0 amide bonds. The summed E-state index contributed by atoms with van der Waals surface area (Å²) in [6.07, 6.45) is 6.09. The molecule has 0 saturated carbocycles. The van der Waals surface area contributed by atoms with E-state index in [2.05, 4.69) is 21.4 Å². The van der Waals surface area contributed by atoms with Gasteiger partial charge in [-0.2, -0.15) is 0 Å². The topological polar surface area (TPSA) is 55.6 Å². The fraction of sp³-hybridized carbons (Fsp3) is 0.364. The lowest BCUT2D eigenvalue weighted by Crippen LogP contribution is -2.25. The molecule has 148 valence electrons. The highest BCUT2D eigenvalue weighted by Crippen LogP contribution is 2.28. The first-order chi connectivity index (χ1) is 13.4. The van der Waals surface area contributed by atoms with E-state index in [0.29, 0.717) is 6.61 Å². The van der Waals surface area contributed by atoms with Gasteiger partial charge in [-0.3, -0.25) is 9.78 Å². The Bertz CT molecular complexity index is 903. The summed E-state index contributed by atoms with van der Waals surface area (Å²) in [6, 6.07) is 12.2. The monoisotopic (exact) mass is 398 g/mol. The van der Waals surface area contributed by atoms with Crippen LogP contribution >= 0.6 is 11.9 Å². The van der Waals surface area contributed by atoms with E-state index in [1.807, 2.05) is 45.0 Å². The number of hydrogen-bond donors (Lipinski definition) is 0. The molecule has 0 fully saturated rings. The van der Waals surface area contributed by atoms with Crippen LogP contribution in [0.3, 0.4) is 0 Å². The molecule has 5 nitrogen and oxygen atoms in total. The largest absolute Gasteiger partial charge is 0.465 e. The lowest BCUT2D eigenvalue weighted by atomic mass is 9.97. The maximum Gasteiger partial charge on any atom is 0.311 e. The quantitative estimate of drug-likeness (QED) is 0.291. The summed E-state index contributed by atoms with van der Waals surface area (Å²) in [5.74, 6) is -0.161. The summed E-state index contributed by atoms with van der Waals surface area (Å²) in [6.45, 7) is 7.61. The normalized spacial score (nSPS) is 11.9. The van der Waals surface area contributed by atoms with E-state index in [1.54, 1.807) is 30.6 Å². The molecular formula is C22H26N2O3S. The molecular weight excluding hydrogens is 372 g/mol. The molecule has 0 saturated heterocycles. The second-order valence-corrected chi connectivity index (χ2v) is 8.84. The van der Waals surface area contributed by atoms with Gasteiger partial charge < -0.3 is 9.15 Å². The Labute approximate surface area is 170 Å². The highest BCUT2D eigenvalue weighted by Gasteiger charge is 2.22. The number of ether oxygens (including phenoxy) is 1. The first-order valence-corrected chi connectivity index (χ1v) is 10.2. The minimum absolute atomic E-state index is 0.161. The Morgan fingerprint density at radius 1 is 1.18 bits per heavy atom. The summed E-state index contributed by atoms with van der Waals surface area (Å²) >= 11 is 1.70. The van der Waals surface area contributed by atoms with E-state index < -0.39 is 5.41 Å². The fourth-order valence-corrected chi connectivity index (χ4v) is 3.66.